The summed E-state index contributed by atoms with van der Waals surface area (Å²) in [6, 6.07) is 6.75. The minimum absolute atomic E-state index is 0.167. The van der Waals surface area contributed by atoms with Gasteiger partial charge in [0.25, 0.3) is 11.8 Å². The van der Waals surface area contributed by atoms with E-state index >= 15 is 0 Å². The predicted octanol–water partition coefficient (Wildman–Crippen LogP) is 2.55. The smallest absolute Gasteiger partial charge is 0.410 e. The third kappa shape index (κ3) is 4.06. The van der Waals surface area contributed by atoms with Crippen LogP contribution in [0.1, 0.15) is 54.3 Å². The molecule has 0 unspecified atom stereocenters. The van der Waals surface area contributed by atoms with Crippen LogP contribution in [0.5, 0.6) is 0 Å². The Bertz CT molecular complexity index is 822. The fraction of sp³-hybridized carbons (Fsp3) is 0.591. The minimum atomic E-state index is -0.474. The first-order valence-corrected chi connectivity index (χ1v) is 10.5. The van der Waals surface area contributed by atoms with Crippen LogP contribution in [0.25, 0.3) is 0 Å². The summed E-state index contributed by atoms with van der Waals surface area (Å²) in [5, 5.41) is 0.873. The van der Waals surface area contributed by atoms with Crippen molar-refractivity contribution < 1.29 is 24.0 Å². The summed E-state index contributed by atoms with van der Waals surface area (Å²) >= 11 is 0. The van der Waals surface area contributed by atoms with E-state index in [1.165, 1.54) is 0 Å². The van der Waals surface area contributed by atoms with Crippen molar-refractivity contribution in [3.8, 4) is 0 Å². The number of hydrogen-bond acceptors (Lipinski definition) is 6. The van der Waals surface area contributed by atoms with E-state index in [2.05, 4.69) is 4.90 Å². The molecule has 0 saturated carbocycles. The lowest BCUT2D eigenvalue weighted by Gasteiger charge is -2.48. The molecule has 3 aliphatic rings. The maximum Gasteiger partial charge on any atom is 0.410 e. The zero-order valence-corrected chi connectivity index (χ0v) is 17.8. The van der Waals surface area contributed by atoms with Gasteiger partial charge in [-0.25, -0.2) is 4.79 Å². The van der Waals surface area contributed by atoms with E-state index in [0.29, 0.717) is 17.7 Å². The number of imide groups is 1. The molecule has 2 fully saturated rings. The number of likely N-dealkylation sites (tertiary alicyclic amines) is 2. The zero-order valence-electron chi connectivity index (χ0n) is 17.8. The minimum Gasteiger partial charge on any atom is -0.444 e. The van der Waals surface area contributed by atoms with Gasteiger partial charge in [0.2, 0.25) is 0 Å². The Morgan fingerprint density at radius 2 is 1.70 bits per heavy atom. The number of nitrogens with zero attached hydrogens (tertiary/aromatic N) is 3. The Balaban J connectivity index is 1.17. The first-order valence-electron chi connectivity index (χ1n) is 10.5. The first kappa shape index (κ1) is 20.8. The van der Waals surface area contributed by atoms with Crippen LogP contribution in [0.15, 0.2) is 24.3 Å². The summed E-state index contributed by atoms with van der Waals surface area (Å²) in [5.41, 5.74) is 0.476. The lowest BCUT2D eigenvalue weighted by atomic mass is 9.79. The van der Waals surface area contributed by atoms with E-state index in [1.807, 2.05) is 25.7 Å². The SMILES string of the molecule is CC(C)(C)OC(=O)N1CCC2(CN(CCCON3C(=O)c4ccccc4C3=O)C2)C1. The van der Waals surface area contributed by atoms with Crippen LogP contribution in [-0.4, -0.2) is 77.7 Å². The molecule has 3 aliphatic heterocycles. The Morgan fingerprint density at radius 3 is 2.30 bits per heavy atom. The molecule has 30 heavy (non-hydrogen) atoms. The fourth-order valence-electron chi connectivity index (χ4n) is 4.46. The summed E-state index contributed by atoms with van der Waals surface area (Å²) < 4.78 is 5.48. The van der Waals surface area contributed by atoms with E-state index in [4.69, 9.17) is 9.57 Å². The quantitative estimate of drug-likeness (QED) is 0.543. The van der Waals surface area contributed by atoms with E-state index < -0.39 is 17.4 Å². The van der Waals surface area contributed by atoms with Crippen molar-refractivity contribution in [2.24, 2.45) is 5.41 Å². The molecule has 2 saturated heterocycles. The molecule has 1 aromatic rings. The predicted molar refractivity (Wildman–Crippen MR) is 109 cm³/mol. The maximum absolute atomic E-state index is 12.3. The van der Waals surface area contributed by atoms with Gasteiger partial charge in [-0.1, -0.05) is 12.1 Å². The van der Waals surface area contributed by atoms with Crippen molar-refractivity contribution in [3.05, 3.63) is 35.4 Å². The van der Waals surface area contributed by atoms with Crippen LogP contribution in [0.4, 0.5) is 4.79 Å². The molecule has 1 spiro atoms. The molecule has 0 radical (unpaired) electrons. The number of fused-ring (bicyclic) bond motifs is 1. The average molecular weight is 415 g/mol. The summed E-state index contributed by atoms with van der Waals surface area (Å²) in [6.45, 7) is 10.1. The number of hydrogen-bond donors (Lipinski definition) is 0. The van der Waals surface area contributed by atoms with Crippen molar-refractivity contribution in [2.45, 2.75) is 39.2 Å². The van der Waals surface area contributed by atoms with Crippen molar-refractivity contribution in [1.29, 1.82) is 0 Å². The molecule has 0 bridgehead atoms. The standard InChI is InChI=1S/C22H29N3O5/c1-21(2,3)30-20(28)24-11-9-22(15-24)13-23(14-22)10-6-12-29-25-18(26)16-7-4-5-8-17(16)19(25)27/h4-5,7-8H,6,9-15H2,1-3H3. The monoisotopic (exact) mass is 415 g/mol. The Kier molecular flexibility index (Phi) is 5.32. The summed E-state index contributed by atoms with van der Waals surface area (Å²) in [6.07, 6.45) is 1.49. The highest BCUT2D eigenvalue weighted by Crippen LogP contribution is 2.40. The van der Waals surface area contributed by atoms with Gasteiger partial charge in [-0.15, -0.1) is 5.06 Å². The van der Waals surface area contributed by atoms with E-state index in [-0.39, 0.29) is 11.5 Å². The molecule has 8 heteroatoms. The number of hydroxylamine groups is 2. The normalized spacial score (nSPS) is 20.6. The third-order valence-electron chi connectivity index (χ3n) is 5.80. The molecule has 8 nitrogen and oxygen atoms in total. The van der Waals surface area contributed by atoms with Crippen LogP contribution in [0, 0.1) is 5.41 Å². The van der Waals surface area contributed by atoms with Gasteiger partial charge >= 0.3 is 6.09 Å². The third-order valence-corrected chi connectivity index (χ3v) is 5.80. The Labute approximate surface area is 176 Å². The van der Waals surface area contributed by atoms with Gasteiger partial charge in [-0.3, -0.25) is 14.4 Å². The highest BCUT2D eigenvalue weighted by molar-refractivity contribution is 6.20. The van der Waals surface area contributed by atoms with Gasteiger partial charge in [-0.2, -0.15) is 0 Å². The number of carbonyl (C=O) groups is 3. The largest absolute Gasteiger partial charge is 0.444 e. The lowest BCUT2D eigenvalue weighted by molar-refractivity contribution is -0.0959. The zero-order chi connectivity index (χ0) is 21.5. The first-order chi connectivity index (χ1) is 14.2. The molecule has 3 amide bonds. The second-order valence-electron chi connectivity index (χ2n) is 9.50. The van der Waals surface area contributed by atoms with Gasteiger partial charge in [0, 0.05) is 38.1 Å². The number of amides is 3. The average Bonchev–Trinajstić information content (AvgIpc) is 3.19. The molecular formula is C22H29N3O5. The van der Waals surface area contributed by atoms with Gasteiger partial charge < -0.3 is 14.5 Å². The Hall–Kier alpha value is -2.45. The summed E-state index contributed by atoms with van der Waals surface area (Å²) in [7, 11) is 0. The van der Waals surface area contributed by atoms with Crippen LogP contribution in [0.2, 0.25) is 0 Å². The number of carbonyl (C=O) groups excluding carboxylic acids is 3. The second kappa shape index (κ2) is 7.67. The Morgan fingerprint density at radius 1 is 1.07 bits per heavy atom. The van der Waals surface area contributed by atoms with Crippen LogP contribution in [0.3, 0.4) is 0 Å². The fourth-order valence-corrected chi connectivity index (χ4v) is 4.46. The van der Waals surface area contributed by atoms with E-state index in [0.717, 1.165) is 50.6 Å². The van der Waals surface area contributed by atoms with Gasteiger partial charge in [0.05, 0.1) is 17.7 Å². The van der Waals surface area contributed by atoms with Crippen LogP contribution < -0.4 is 0 Å². The van der Waals surface area contributed by atoms with Gasteiger partial charge in [-0.05, 0) is 45.7 Å². The van der Waals surface area contributed by atoms with E-state index in [9.17, 15) is 14.4 Å². The summed E-state index contributed by atoms with van der Waals surface area (Å²) in [5.74, 6) is -0.793. The van der Waals surface area contributed by atoms with E-state index in [1.54, 1.807) is 24.3 Å². The van der Waals surface area contributed by atoms with Crippen molar-refractivity contribution in [3.63, 3.8) is 0 Å². The number of rotatable bonds is 5. The van der Waals surface area contributed by atoms with Crippen LogP contribution in [-0.2, 0) is 9.57 Å². The van der Waals surface area contributed by atoms with Crippen molar-refractivity contribution in [1.82, 2.24) is 14.9 Å². The van der Waals surface area contributed by atoms with Gasteiger partial charge in [0.15, 0.2) is 0 Å². The highest BCUT2D eigenvalue weighted by Gasteiger charge is 2.49. The van der Waals surface area contributed by atoms with Crippen molar-refractivity contribution in [2.75, 3.05) is 39.3 Å². The topological polar surface area (TPSA) is 79.4 Å². The number of ether oxygens (including phenoxy) is 1. The number of benzene rings is 1. The lowest BCUT2D eigenvalue weighted by Crippen LogP contribution is -2.58. The van der Waals surface area contributed by atoms with Gasteiger partial charge in [0.1, 0.15) is 5.60 Å². The highest BCUT2D eigenvalue weighted by atomic mass is 16.7. The molecule has 0 aromatic heterocycles. The molecular weight excluding hydrogens is 386 g/mol. The van der Waals surface area contributed by atoms with Crippen molar-refractivity contribution >= 4 is 17.9 Å². The molecule has 162 valence electrons. The van der Waals surface area contributed by atoms with Crippen LogP contribution >= 0.6 is 0 Å². The molecule has 0 N–H and O–H groups in total. The second-order valence-corrected chi connectivity index (χ2v) is 9.50. The molecule has 0 atom stereocenters. The molecule has 4 rings (SSSR count). The molecule has 3 heterocycles. The molecule has 1 aromatic carbocycles. The summed E-state index contributed by atoms with van der Waals surface area (Å²) in [4.78, 5) is 46.4. The maximum atomic E-state index is 12.3. The molecule has 0 aliphatic carbocycles.